The van der Waals surface area contributed by atoms with Crippen LogP contribution in [0.25, 0.3) is 0 Å². The summed E-state index contributed by atoms with van der Waals surface area (Å²) in [6.07, 6.45) is -10.2. The Morgan fingerprint density at radius 2 is 1.15 bits per heavy atom. The smallest absolute Gasteiger partial charge is 0.429 e. The van der Waals surface area contributed by atoms with Gasteiger partial charge in [0.2, 0.25) is 5.75 Å². The van der Waals surface area contributed by atoms with Crippen molar-refractivity contribution in [1.82, 2.24) is 0 Å². The number of rotatable bonds is 4. The highest BCUT2D eigenvalue weighted by Gasteiger charge is 2.42. The maximum atomic E-state index is 14.0. The van der Waals surface area contributed by atoms with E-state index in [4.69, 9.17) is 0 Å². The topological polar surface area (TPSA) is 18.5 Å². The van der Waals surface area contributed by atoms with Crippen LogP contribution in [0.4, 0.5) is 39.5 Å². The van der Waals surface area contributed by atoms with Gasteiger partial charge in [-0.15, -0.1) is 13.2 Å². The lowest BCUT2D eigenvalue weighted by atomic mass is 10.2. The Balaban J connectivity index is 2.39. The standard InChI is InChI=1S/C14H4BrF9O2/c15-5-1-7(16)11(8(17)2-5)13(20,21)25-6-3-9(18)12(10(19)4-6)26-14(22,23)24/h1-4H. The quantitative estimate of drug-likeness (QED) is 0.525. The van der Waals surface area contributed by atoms with Gasteiger partial charge in [-0.25, -0.2) is 17.6 Å². The molecule has 0 heterocycles. The van der Waals surface area contributed by atoms with Crippen molar-refractivity contribution in [1.29, 1.82) is 0 Å². The van der Waals surface area contributed by atoms with Gasteiger partial charge < -0.3 is 9.47 Å². The minimum Gasteiger partial charge on any atom is -0.429 e. The molecule has 0 saturated carbocycles. The van der Waals surface area contributed by atoms with Crippen molar-refractivity contribution in [2.24, 2.45) is 0 Å². The van der Waals surface area contributed by atoms with E-state index in [0.29, 0.717) is 12.1 Å². The van der Waals surface area contributed by atoms with Crippen LogP contribution in [0.5, 0.6) is 11.5 Å². The van der Waals surface area contributed by atoms with Crippen LogP contribution in [0.15, 0.2) is 28.7 Å². The first-order valence-corrected chi connectivity index (χ1v) is 7.06. The summed E-state index contributed by atoms with van der Waals surface area (Å²) in [5, 5.41) is 0. The molecule has 0 radical (unpaired) electrons. The average Bonchev–Trinajstić information content (AvgIpc) is 2.39. The number of ether oxygens (including phenoxy) is 2. The lowest BCUT2D eigenvalue weighted by Crippen LogP contribution is -2.25. The Hall–Kier alpha value is -2.11. The van der Waals surface area contributed by atoms with Gasteiger partial charge in [-0.05, 0) is 12.1 Å². The largest absolute Gasteiger partial charge is 0.573 e. The zero-order valence-corrected chi connectivity index (χ0v) is 13.5. The SMILES string of the molecule is Fc1cc(OC(F)(F)c2c(F)cc(Br)cc2F)cc(F)c1OC(F)(F)F. The first-order chi connectivity index (χ1) is 11.8. The average molecular weight is 455 g/mol. The number of hydrogen-bond donors (Lipinski definition) is 0. The zero-order valence-electron chi connectivity index (χ0n) is 11.9. The van der Waals surface area contributed by atoms with Gasteiger partial charge in [-0.2, -0.15) is 8.78 Å². The molecule has 0 amide bonds. The molecule has 0 spiro atoms. The van der Waals surface area contributed by atoms with Crippen molar-refractivity contribution in [3.63, 3.8) is 0 Å². The Kier molecular flexibility index (Phi) is 5.36. The lowest BCUT2D eigenvalue weighted by Gasteiger charge is -2.20. The fourth-order valence-electron chi connectivity index (χ4n) is 1.83. The minimum absolute atomic E-state index is 0.0628. The molecule has 0 aliphatic rings. The molecule has 0 bridgehead atoms. The van der Waals surface area contributed by atoms with Crippen molar-refractivity contribution in [2.75, 3.05) is 0 Å². The van der Waals surface area contributed by atoms with E-state index >= 15 is 0 Å². The molecule has 2 aromatic rings. The maximum Gasteiger partial charge on any atom is 0.573 e. The van der Waals surface area contributed by atoms with Crippen molar-refractivity contribution < 1.29 is 49.0 Å². The van der Waals surface area contributed by atoms with Crippen LogP contribution in [0.2, 0.25) is 0 Å². The van der Waals surface area contributed by atoms with Gasteiger partial charge in [0.15, 0.2) is 11.6 Å². The fourth-order valence-corrected chi connectivity index (χ4v) is 2.23. The molecule has 26 heavy (non-hydrogen) atoms. The molecule has 2 nitrogen and oxygen atoms in total. The fraction of sp³-hybridized carbons (Fsp3) is 0.143. The minimum atomic E-state index is -5.45. The summed E-state index contributed by atoms with van der Waals surface area (Å²) in [6, 6.07) is 0.841. The van der Waals surface area contributed by atoms with Gasteiger partial charge in [0, 0.05) is 16.6 Å². The summed E-state index contributed by atoms with van der Waals surface area (Å²) >= 11 is 2.66. The monoisotopic (exact) mass is 454 g/mol. The first-order valence-electron chi connectivity index (χ1n) is 6.27. The molecule has 0 aliphatic carbocycles. The molecule has 0 aromatic heterocycles. The van der Waals surface area contributed by atoms with Crippen LogP contribution in [-0.4, -0.2) is 6.36 Å². The molecular weight excluding hydrogens is 451 g/mol. The summed E-state index contributed by atoms with van der Waals surface area (Å²) in [4.78, 5) is 0. The van der Waals surface area contributed by atoms with Crippen LogP contribution in [0.1, 0.15) is 5.56 Å². The number of halogens is 10. The number of alkyl halides is 5. The van der Waals surface area contributed by atoms with Crippen LogP contribution in [-0.2, 0) is 6.11 Å². The van der Waals surface area contributed by atoms with Gasteiger partial charge in [-0.3, -0.25) is 0 Å². The molecule has 0 fully saturated rings. The van der Waals surface area contributed by atoms with E-state index in [0.717, 1.165) is 0 Å². The van der Waals surface area contributed by atoms with Crippen molar-refractivity contribution in [3.8, 4) is 11.5 Å². The Morgan fingerprint density at radius 3 is 1.58 bits per heavy atom. The second-order valence-electron chi connectivity index (χ2n) is 4.63. The highest BCUT2D eigenvalue weighted by atomic mass is 79.9. The van der Waals surface area contributed by atoms with E-state index < -0.39 is 52.8 Å². The summed E-state index contributed by atoms with van der Waals surface area (Å²) in [7, 11) is 0. The third kappa shape index (κ3) is 4.54. The van der Waals surface area contributed by atoms with Gasteiger partial charge in [0.1, 0.15) is 22.9 Å². The third-order valence-corrected chi connectivity index (χ3v) is 3.19. The summed E-state index contributed by atoms with van der Waals surface area (Å²) in [5.41, 5.74) is -1.86. The highest BCUT2D eigenvalue weighted by molar-refractivity contribution is 9.10. The van der Waals surface area contributed by atoms with Gasteiger partial charge >= 0.3 is 12.5 Å². The van der Waals surface area contributed by atoms with E-state index in [1.165, 1.54) is 0 Å². The highest BCUT2D eigenvalue weighted by Crippen LogP contribution is 2.38. The van der Waals surface area contributed by atoms with Gasteiger partial charge in [-0.1, -0.05) is 15.9 Å². The molecule has 2 rings (SSSR count). The predicted octanol–water partition coefficient (Wildman–Crippen LogP) is 6.03. The Bertz CT molecular complexity index is 790. The molecule has 12 heteroatoms. The van der Waals surface area contributed by atoms with E-state index in [1.807, 2.05) is 0 Å². The van der Waals surface area contributed by atoms with E-state index in [9.17, 15) is 39.5 Å². The van der Waals surface area contributed by atoms with Gasteiger partial charge in [0.25, 0.3) is 0 Å². The molecule has 0 N–H and O–H groups in total. The van der Waals surface area contributed by atoms with Crippen LogP contribution >= 0.6 is 15.9 Å². The lowest BCUT2D eigenvalue weighted by molar-refractivity contribution is -0.276. The summed E-state index contributed by atoms with van der Waals surface area (Å²) < 4.78 is 125. The van der Waals surface area contributed by atoms with Crippen LogP contribution in [0.3, 0.4) is 0 Å². The molecule has 0 atom stereocenters. The third-order valence-electron chi connectivity index (χ3n) is 2.73. The molecule has 0 unspecified atom stereocenters. The molecular formula is C14H4BrF9O2. The van der Waals surface area contributed by atoms with E-state index in [1.54, 1.807) is 0 Å². The van der Waals surface area contributed by atoms with Crippen LogP contribution in [0, 0.1) is 23.3 Å². The van der Waals surface area contributed by atoms with Crippen molar-refractivity contribution in [3.05, 3.63) is 57.6 Å². The van der Waals surface area contributed by atoms with E-state index in [-0.39, 0.29) is 16.6 Å². The normalized spacial score (nSPS) is 12.2. The Labute approximate surface area is 147 Å². The summed E-state index contributed by atoms with van der Waals surface area (Å²) in [5.74, 6) is -10.8. The van der Waals surface area contributed by atoms with Crippen molar-refractivity contribution >= 4 is 15.9 Å². The Morgan fingerprint density at radius 1 is 0.692 bits per heavy atom. The molecule has 0 saturated heterocycles. The first kappa shape index (κ1) is 20.2. The predicted molar refractivity (Wildman–Crippen MR) is 71.6 cm³/mol. The number of benzene rings is 2. The summed E-state index contributed by atoms with van der Waals surface area (Å²) in [6.45, 7) is 0. The second kappa shape index (κ2) is 6.89. The van der Waals surface area contributed by atoms with Crippen molar-refractivity contribution in [2.45, 2.75) is 12.5 Å². The molecule has 0 aliphatic heterocycles. The van der Waals surface area contributed by atoms with Crippen LogP contribution < -0.4 is 9.47 Å². The zero-order chi connectivity index (χ0) is 19.9. The second-order valence-corrected chi connectivity index (χ2v) is 5.54. The maximum absolute atomic E-state index is 14.0. The van der Waals surface area contributed by atoms with Gasteiger partial charge in [0.05, 0.1) is 0 Å². The van der Waals surface area contributed by atoms with E-state index in [2.05, 4.69) is 25.4 Å². The number of hydrogen-bond acceptors (Lipinski definition) is 2. The molecule has 142 valence electrons. The molecule has 2 aromatic carbocycles.